The second-order valence-electron chi connectivity index (χ2n) is 5.21. The van der Waals surface area contributed by atoms with Gasteiger partial charge in [-0.1, -0.05) is 6.07 Å². The molecule has 5 heteroatoms. The highest BCUT2D eigenvalue weighted by Crippen LogP contribution is 2.30. The van der Waals surface area contributed by atoms with Gasteiger partial charge in [-0.15, -0.1) is 0 Å². The number of carbonyl (C=O) groups is 1. The first-order chi connectivity index (χ1) is 9.75. The van der Waals surface area contributed by atoms with Crippen molar-refractivity contribution in [3.05, 3.63) is 29.3 Å². The molecule has 0 radical (unpaired) electrons. The average Bonchev–Trinajstić information content (AvgIpc) is 2.48. The van der Waals surface area contributed by atoms with E-state index < -0.39 is 12.0 Å². The van der Waals surface area contributed by atoms with Gasteiger partial charge in [-0.3, -0.25) is 9.69 Å². The van der Waals surface area contributed by atoms with Gasteiger partial charge in [-0.05, 0) is 36.1 Å². The first-order valence-electron chi connectivity index (χ1n) is 7.06. The van der Waals surface area contributed by atoms with Crippen LogP contribution >= 0.6 is 0 Å². The third-order valence-electron chi connectivity index (χ3n) is 3.89. The molecule has 0 bridgehead atoms. The van der Waals surface area contributed by atoms with E-state index in [4.69, 9.17) is 9.47 Å². The van der Waals surface area contributed by atoms with E-state index in [9.17, 15) is 9.90 Å². The molecule has 2 heterocycles. The molecule has 1 saturated heterocycles. The minimum absolute atomic E-state index is 0.592. The van der Waals surface area contributed by atoms with E-state index in [1.807, 2.05) is 23.1 Å². The number of carboxylic acids is 1. The molecule has 0 amide bonds. The molecule has 1 aromatic rings. The summed E-state index contributed by atoms with van der Waals surface area (Å²) in [4.78, 5) is 13.6. The minimum Gasteiger partial charge on any atom is -0.493 e. The third kappa shape index (κ3) is 2.64. The van der Waals surface area contributed by atoms with Gasteiger partial charge in [-0.25, -0.2) is 0 Å². The number of rotatable bonds is 3. The Morgan fingerprint density at radius 3 is 2.80 bits per heavy atom. The van der Waals surface area contributed by atoms with Crippen LogP contribution in [-0.4, -0.2) is 48.9 Å². The maximum Gasteiger partial charge on any atom is 0.325 e. The lowest BCUT2D eigenvalue weighted by molar-refractivity contribution is -0.145. The fourth-order valence-electron chi connectivity index (χ4n) is 2.90. The van der Waals surface area contributed by atoms with E-state index in [1.54, 1.807) is 0 Å². The summed E-state index contributed by atoms with van der Waals surface area (Å²) in [6.07, 6.45) is 1.95. The predicted octanol–water partition coefficient (Wildman–Crippen LogP) is 1.47. The van der Waals surface area contributed by atoms with Gasteiger partial charge >= 0.3 is 5.97 Å². The summed E-state index contributed by atoms with van der Waals surface area (Å²) in [5.41, 5.74) is 1.96. The van der Waals surface area contributed by atoms with E-state index in [-0.39, 0.29) is 0 Å². The maximum atomic E-state index is 11.7. The van der Waals surface area contributed by atoms with Gasteiger partial charge in [0.05, 0.1) is 19.8 Å². The number of benzene rings is 1. The van der Waals surface area contributed by atoms with Crippen molar-refractivity contribution in [3.63, 3.8) is 0 Å². The van der Waals surface area contributed by atoms with Crippen molar-refractivity contribution in [2.24, 2.45) is 0 Å². The number of hydrogen-bond acceptors (Lipinski definition) is 4. The molecule has 108 valence electrons. The maximum absolute atomic E-state index is 11.7. The monoisotopic (exact) mass is 277 g/mol. The molecule has 3 rings (SSSR count). The summed E-state index contributed by atoms with van der Waals surface area (Å²) in [5.74, 6) is 0.0923. The fourth-order valence-corrected chi connectivity index (χ4v) is 2.90. The summed E-state index contributed by atoms with van der Waals surface area (Å²) in [6.45, 7) is 3.25. The number of carboxylic acid groups (broad SMARTS) is 1. The van der Waals surface area contributed by atoms with Gasteiger partial charge in [0, 0.05) is 13.1 Å². The van der Waals surface area contributed by atoms with E-state index >= 15 is 0 Å². The second kappa shape index (κ2) is 5.81. The molecule has 5 nitrogen and oxygen atoms in total. The zero-order valence-electron chi connectivity index (χ0n) is 11.4. The molecular weight excluding hydrogens is 258 g/mol. The molecule has 2 aliphatic rings. The Kier molecular flexibility index (Phi) is 3.89. The topological polar surface area (TPSA) is 59.0 Å². The summed E-state index contributed by atoms with van der Waals surface area (Å²) in [6, 6.07) is 5.17. The minimum atomic E-state index is -0.802. The van der Waals surface area contributed by atoms with Crippen molar-refractivity contribution in [2.45, 2.75) is 18.9 Å². The number of aliphatic carboxylic acids is 1. The standard InChI is InChI=1S/C15H19NO4/c17-15(18)14(16-5-8-19-9-6-16)12-3-4-13-11(10-12)2-1-7-20-13/h3-4,10,14H,1-2,5-9H2,(H,17,18). The number of fused-ring (bicyclic) bond motifs is 1. The van der Waals surface area contributed by atoms with Crippen LogP contribution < -0.4 is 4.74 Å². The number of nitrogens with zero attached hydrogens (tertiary/aromatic N) is 1. The average molecular weight is 277 g/mol. The molecule has 0 saturated carbocycles. The molecule has 0 spiro atoms. The Balaban J connectivity index is 1.88. The normalized spacial score (nSPS) is 20.8. The van der Waals surface area contributed by atoms with Crippen LogP contribution in [0, 0.1) is 0 Å². The first-order valence-corrected chi connectivity index (χ1v) is 7.06. The van der Waals surface area contributed by atoms with Crippen LogP contribution in [0.4, 0.5) is 0 Å². The van der Waals surface area contributed by atoms with Crippen LogP contribution in [-0.2, 0) is 16.0 Å². The van der Waals surface area contributed by atoms with Crippen molar-refractivity contribution in [3.8, 4) is 5.75 Å². The quantitative estimate of drug-likeness (QED) is 0.906. The molecule has 1 unspecified atom stereocenters. The number of morpholine rings is 1. The van der Waals surface area contributed by atoms with Crippen LogP contribution in [0.3, 0.4) is 0 Å². The van der Waals surface area contributed by atoms with Crippen LogP contribution in [0.5, 0.6) is 5.75 Å². The second-order valence-corrected chi connectivity index (χ2v) is 5.21. The highest BCUT2D eigenvalue weighted by molar-refractivity contribution is 5.75. The molecule has 0 aliphatic carbocycles. The molecular formula is C15H19NO4. The zero-order valence-corrected chi connectivity index (χ0v) is 11.4. The zero-order chi connectivity index (χ0) is 13.9. The van der Waals surface area contributed by atoms with Crippen molar-refractivity contribution in [1.29, 1.82) is 0 Å². The van der Waals surface area contributed by atoms with Gasteiger partial charge in [-0.2, -0.15) is 0 Å². The summed E-state index contributed by atoms with van der Waals surface area (Å²) in [5, 5.41) is 9.57. The highest BCUT2D eigenvalue weighted by atomic mass is 16.5. The Morgan fingerprint density at radius 2 is 2.05 bits per heavy atom. The van der Waals surface area contributed by atoms with Gasteiger partial charge in [0.2, 0.25) is 0 Å². The van der Waals surface area contributed by atoms with Crippen LogP contribution in [0.15, 0.2) is 18.2 Å². The molecule has 20 heavy (non-hydrogen) atoms. The summed E-state index contributed by atoms with van der Waals surface area (Å²) < 4.78 is 10.9. The smallest absolute Gasteiger partial charge is 0.325 e. The van der Waals surface area contributed by atoms with E-state index in [1.165, 1.54) is 0 Å². The van der Waals surface area contributed by atoms with Crippen molar-refractivity contribution in [2.75, 3.05) is 32.9 Å². The van der Waals surface area contributed by atoms with Crippen molar-refractivity contribution in [1.82, 2.24) is 4.90 Å². The summed E-state index contributed by atoms with van der Waals surface area (Å²) >= 11 is 0. The molecule has 1 aromatic carbocycles. The lowest BCUT2D eigenvalue weighted by atomic mass is 9.98. The largest absolute Gasteiger partial charge is 0.493 e. The van der Waals surface area contributed by atoms with Crippen LogP contribution in [0.2, 0.25) is 0 Å². The van der Waals surface area contributed by atoms with Crippen LogP contribution in [0.1, 0.15) is 23.6 Å². The molecule has 2 aliphatic heterocycles. The molecule has 1 fully saturated rings. The molecule has 0 aromatic heterocycles. The predicted molar refractivity (Wildman–Crippen MR) is 73.0 cm³/mol. The lowest BCUT2D eigenvalue weighted by Crippen LogP contribution is -2.42. The van der Waals surface area contributed by atoms with E-state index in [0.717, 1.165) is 36.3 Å². The summed E-state index contributed by atoms with van der Waals surface area (Å²) in [7, 11) is 0. The van der Waals surface area contributed by atoms with Crippen molar-refractivity contribution < 1.29 is 19.4 Å². The van der Waals surface area contributed by atoms with Gasteiger partial charge < -0.3 is 14.6 Å². The Hall–Kier alpha value is -1.59. The highest BCUT2D eigenvalue weighted by Gasteiger charge is 2.29. The molecule has 1 atom stereocenters. The number of hydrogen-bond donors (Lipinski definition) is 1. The Labute approximate surface area is 118 Å². The van der Waals surface area contributed by atoms with Crippen molar-refractivity contribution >= 4 is 5.97 Å². The first kappa shape index (κ1) is 13.4. The lowest BCUT2D eigenvalue weighted by Gasteiger charge is -2.32. The van der Waals surface area contributed by atoms with Gasteiger partial charge in [0.25, 0.3) is 0 Å². The third-order valence-corrected chi connectivity index (χ3v) is 3.89. The fraction of sp³-hybridized carbons (Fsp3) is 0.533. The number of aryl methyl sites for hydroxylation is 1. The Morgan fingerprint density at radius 1 is 1.25 bits per heavy atom. The SMILES string of the molecule is O=C(O)C(c1ccc2c(c1)CCCO2)N1CCOCC1. The van der Waals surface area contributed by atoms with Crippen LogP contribution in [0.25, 0.3) is 0 Å². The van der Waals surface area contributed by atoms with E-state index in [0.29, 0.717) is 26.3 Å². The molecule has 1 N–H and O–H groups in total. The van der Waals surface area contributed by atoms with E-state index in [2.05, 4.69) is 0 Å². The van der Waals surface area contributed by atoms with Gasteiger partial charge in [0.1, 0.15) is 11.8 Å². The number of ether oxygens (including phenoxy) is 2. The Bertz CT molecular complexity index is 497. The van der Waals surface area contributed by atoms with Gasteiger partial charge in [0.15, 0.2) is 0 Å².